The lowest BCUT2D eigenvalue weighted by Crippen LogP contribution is -2.00. The highest BCUT2D eigenvalue weighted by atomic mass is 31.1. The Balaban J connectivity index is 1.09. The van der Waals surface area contributed by atoms with E-state index < -0.39 is 8.25 Å². The molecule has 0 amide bonds. The van der Waals surface area contributed by atoms with Crippen molar-refractivity contribution in [2.75, 3.05) is 0 Å². The zero-order valence-electron chi connectivity index (χ0n) is 27.6. The van der Waals surface area contributed by atoms with Gasteiger partial charge in [0.2, 0.25) is 0 Å². The van der Waals surface area contributed by atoms with Crippen molar-refractivity contribution < 1.29 is 32.6 Å². The molecule has 0 N–H and O–H groups in total. The minimum Gasteiger partial charge on any atom is -0.489 e. The molecule has 0 aliphatic carbocycles. The van der Waals surface area contributed by atoms with Gasteiger partial charge < -0.3 is 18.9 Å². The van der Waals surface area contributed by atoms with E-state index in [0.717, 1.165) is 33.4 Å². The molecular formula is C42H38O7P+. The summed E-state index contributed by atoms with van der Waals surface area (Å²) in [6.45, 7) is 1.64. The molecule has 0 saturated heterocycles. The summed E-state index contributed by atoms with van der Waals surface area (Å²) in [4.78, 5) is 0. The van der Waals surface area contributed by atoms with E-state index in [2.05, 4.69) is 0 Å². The van der Waals surface area contributed by atoms with Crippen LogP contribution in [0, 0.1) is 0 Å². The van der Waals surface area contributed by atoms with E-state index in [-0.39, 0.29) is 13.2 Å². The van der Waals surface area contributed by atoms with E-state index in [1.165, 1.54) is 0 Å². The molecule has 0 heterocycles. The molecule has 0 atom stereocenters. The Morgan fingerprint density at radius 1 is 0.320 bits per heavy atom. The Labute approximate surface area is 293 Å². The molecule has 0 spiro atoms. The fourth-order valence-electron chi connectivity index (χ4n) is 5.02. The molecule has 0 aliphatic rings. The van der Waals surface area contributed by atoms with Crippen LogP contribution in [-0.4, -0.2) is 0 Å². The minimum absolute atomic E-state index is 0.0328. The van der Waals surface area contributed by atoms with Crippen LogP contribution < -0.4 is 18.9 Å². The molecule has 0 radical (unpaired) electrons. The summed E-state index contributed by atoms with van der Waals surface area (Å²) in [7, 11) is -2.46. The third-order valence-electron chi connectivity index (χ3n) is 7.55. The van der Waals surface area contributed by atoms with E-state index in [4.69, 9.17) is 28.0 Å². The van der Waals surface area contributed by atoms with Crippen molar-refractivity contribution in [3.63, 3.8) is 0 Å². The largest absolute Gasteiger partial charge is 0.698 e. The first-order valence-electron chi connectivity index (χ1n) is 16.3. The maximum Gasteiger partial charge on any atom is 0.698 e. The summed E-state index contributed by atoms with van der Waals surface area (Å²) in [6, 6.07) is 50.8. The van der Waals surface area contributed by atoms with Gasteiger partial charge in [-0.1, -0.05) is 121 Å². The maximum absolute atomic E-state index is 13.0. The second kappa shape index (κ2) is 18.3. The van der Waals surface area contributed by atoms with Gasteiger partial charge in [0.25, 0.3) is 0 Å². The van der Waals surface area contributed by atoms with Crippen LogP contribution in [0.1, 0.15) is 33.4 Å². The van der Waals surface area contributed by atoms with Crippen LogP contribution in [0.2, 0.25) is 0 Å². The highest BCUT2D eigenvalue weighted by molar-refractivity contribution is 7.33. The molecule has 6 aromatic rings. The summed E-state index contributed by atoms with van der Waals surface area (Å²) in [6.07, 6.45) is 0. The number of ether oxygens (including phenoxy) is 4. The van der Waals surface area contributed by atoms with Crippen LogP contribution in [0.4, 0.5) is 0 Å². The van der Waals surface area contributed by atoms with Gasteiger partial charge in [0.15, 0.2) is 0 Å². The summed E-state index contributed by atoms with van der Waals surface area (Å²) < 4.78 is 48.7. The average Bonchev–Trinajstić information content (AvgIpc) is 3.17. The van der Waals surface area contributed by atoms with Gasteiger partial charge in [0.1, 0.15) is 62.6 Å². The van der Waals surface area contributed by atoms with Gasteiger partial charge in [-0.05, 0) is 57.6 Å². The number of hydrogen-bond donors (Lipinski definition) is 0. The lowest BCUT2D eigenvalue weighted by atomic mass is 10.2. The van der Waals surface area contributed by atoms with Gasteiger partial charge in [-0.25, -0.2) is 0 Å². The van der Waals surface area contributed by atoms with Crippen molar-refractivity contribution in [1.29, 1.82) is 0 Å². The second-order valence-corrected chi connectivity index (χ2v) is 12.5. The Bertz CT molecular complexity index is 1660. The first kappa shape index (κ1) is 34.4. The molecule has 7 nitrogen and oxygen atoms in total. The van der Waals surface area contributed by atoms with Crippen LogP contribution in [0.3, 0.4) is 0 Å². The third kappa shape index (κ3) is 11.3. The quantitative estimate of drug-likeness (QED) is 0.0834. The summed E-state index contributed by atoms with van der Waals surface area (Å²) in [5.41, 5.74) is 5.64. The summed E-state index contributed by atoms with van der Waals surface area (Å²) in [5.74, 6) is 2.46. The minimum atomic E-state index is -2.46. The SMILES string of the molecule is O=[P+](OCc1cc(OCc2ccccc2)cc(OCc2ccccc2)c1)OCc1cc(OCc2ccccc2)cc(OCc2ccccc2)c1. The predicted octanol–water partition coefficient (Wildman–Crippen LogP) is 10.4. The molecule has 0 aromatic heterocycles. The molecule has 252 valence electrons. The van der Waals surface area contributed by atoms with Crippen molar-refractivity contribution in [3.8, 4) is 23.0 Å². The lowest BCUT2D eigenvalue weighted by Gasteiger charge is -2.12. The second-order valence-electron chi connectivity index (χ2n) is 11.5. The molecule has 6 aromatic carbocycles. The topological polar surface area (TPSA) is 72.5 Å². The van der Waals surface area contributed by atoms with Crippen molar-refractivity contribution in [2.45, 2.75) is 39.6 Å². The molecule has 8 heteroatoms. The van der Waals surface area contributed by atoms with Crippen molar-refractivity contribution >= 4 is 8.25 Å². The Morgan fingerprint density at radius 3 is 0.840 bits per heavy atom. The number of hydrogen-bond acceptors (Lipinski definition) is 7. The fraction of sp³-hybridized carbons (Fsp3) is 0.143. The van der Waals surface area contributed by atoms with Gasteiger partial charge in [0, 0.05) is 16.7 Å². The fourth-order valence-corrected chi connectivity index (χ4v) is 5.60. The molecule has 6 rings (SSSR count). The van der Waals surface area contributed by atoms with Gasteiger partial charge in [-0.2, -0.15) is 0 Å². The molecule has 0 bridgehead atoms. The first-order chi connectivity index (χ1) is 24.6. The maximum atomic E-state index is 13.0. The van der Waals surface area contributed by atoms with E-state index in [1.807, 2.05) is 158 Å². The van der Waals surface area contributed by atoms with Crippen LogP contribution in [0.25, 0.3) is 0 Å². The van der Waals surface area contributed by atoms with E-state index in [9.17, 15) is 4.57 Å². The van der Waals surface area contributed by atoms with Crippen molar-refractivity contribution in [3.05, 3.63) is 191 Å². The standard InChI is InChI=1S/C42H38O7P/c43-50(48-31-37-21-39(44-27-33-13-5-1-6-14-33)25-40(22-37)45-28-34-15-7-2-8-16-34)49-32-38-23-41(46-29-35-17-9-3-10-18-35)26-42(24-38)47-30-36-19-11-4-12-20-36/h1-26H,27-32H2/q+1. The normalized spacial score (nSPS) is 10.7. The van der Waals surface area contributed by atoms with E-state index in [1.54, 1.807) is 0 Å². The van der Waals surface area contributed by atoms with Crippen LogP contribution in [0.15, 0.2) is 158 Å². The number of rotatable bonds is 18. The molecular weight excluding hydrogens is 647 g/mol. The highest BCUT2D eigenvalue weighted by Crippen LogP contribution is 2.32. The Kier molecular flexibility index (Phi) is 12.6. The number of benzene rings is 6. The molecule has 0 saturated carbocycles. The summed E-state index contributed by atoms with van der Waals surface area (Å²) >= 11 is 0. The van der Waals surface area contributed by atoms with Crippen LogP contribution >= 0.6 is 8.25 Å². The van der Waals surface area contributed by atoms with Crippen LogP contribution in [-0.2, 0) is 53.3 Å². The molecule has 0 fully saturated rings. The van der Waals surface area contributed by atoms with Gasteiger partial charge >= 0.3 is 8.25 Å². The zero-order chi connectivity index (χ0) is 34.2. The van der Waals surface area contributed by atoms with E-state index >= 15 is 0 Å². The highest BCUT2D eigenvalue weighted by Gasteiger charge is 2.22. The smallest absolute Gasteiger partial charge is 0.489 e. The molecule has 0 unspecified atom stereocenters. The lowest BCUT2D eigenvalue weighted by molar-refractivity contribution is 0.211. The zero-order valence-corrected chi connectivity index (χ0v) is 28.5. The average molecular weight is 686 g/mol. The van der Waals surface area contributed by atoms with Crippen molar-refractivity contribution in [2.24, 2.45) is 0 Å². The summed E-state index contributed by atoms with van der Waals surface area (Å²) in [5, 5.41) is 0. The van der Waals surface area contributed by atoms with Gasteiger partial charge in [0.05, 0.1) is 0 Å². The van der Waals surface area contributed by atoms with E-state index in [0.29, 0.717) is 49.4 Å². The monoisotopic (exact) mass is 685 g/mol. The molecule has 50 heavy (non-hydrogen) atoms. The first-order valence-corrected chi connectivity index (χ1v) is 17.4. The Morgan fingerprint density at radius 2 is 0.580 bits per heavy atom. The third-order valence-corrected chi connectivity index (χ3v) is 8.23. The van der Waals surface area contributed by atoms with Gasteiger partial charge in [-0.15, -0.1) is 9.05 Å². The predicted molar refractivity (Wildman–Crippen MR) is 193 cm³/mol. The molecule has 0 aliphatic heterocycles. The van der Waals surface area contributed by atoms with Gasteiger partial charge in [-0.3, -0.25) is 0 Å². The van der Waals surface area contributed by atoms with Crippen LogP contribution in [0.5, 0.6) is 23.0 Å². The Hall–Kier alpha value is -5.46. The van der Waals surface area contributed by atoms with Crippen molar-refractivity contribution in [1.82, 2.24) is 0 Å².